The second kappa shape index (κ2) is 5.48. The number of hydrogen-bond donors (Lipinski definition) is 1. The molecular formula is C16H19N3OS. The van der Waals surface area contributed by atoms with E-state index in [-0.39, 0.29) is 11.9 Å². The van der Waals surface area contributed by atoms with Crippen LogP contribution < -0.4 is 5.73 Å². The molecule has 4 nitrogen and oxygen atoms in total. The number of anilines is 1. The Bertz CT molecular complexity index is 680. The Morgan fingerprint density at radius 2 is 2.19 bits per heavy atom. The van der Waals surface area contributed by atoms with Crippen LogP contribution >= 0.6 is 11.3 Å². The largest absolute Gasteiger partial charge is 0.375 e. The molecule has 0 saturated carbocycles. The normalized spacial score (nSPS) is 17.3. The molecule has 0 spiro atoms. The highest BCUT2D eigenvalue weighted by atomic mass is 32.1. The van der Waals surface area contributed by atoms with Gasteiger partial charge in [-0.05, 0) is 37.3 Å². The lowest BCUT2D eigenvalue weighted by Crippen LogP contribution is -2.33. The summed E-state index contributed by atoms with van der Waals surface area (Å²) in [6.45, 7) is 1.84. The maximum Gasteiger partial charge on any atom is 0.266 e. The minimum absolute atomic E-state index is 0.0170. The first-order chi connectivity index (χ1) is 10.1. The van der Waals surface area contributed by atoms with Gasteiger partial charge in [-0.3, -0.25) is 4.79 Å². The first-order valence-electron chi connectivity index (χ1n) is 7.16. The number of nitrogens with zero attached hydrogens (tertiary/aromatic N) is 2. The number of rotatable bonds is 2. The maximum absolute atomic E-state index is 12.7. The van der Waals surface area contributed by atoms with Crippen LogP contribution in [0.5, 0.6) is 0 Å². The Morgan fingerprint density at radius 1 is 1.43 bits per heavy atom. The van der Waals surface area contributed by atoms with Crippen molar-refractivity contribution in [2.75, 3.05) is 12.8 Å². The number of nitrogen functional groups attached to an aromatic ring is 1. The Morgan fingerprint density at radius 3 is 2.90 bits per heavy atom. The molecule has 0 radical (unpaired) electrons. The van der Waals surface area contributed by atoms with Crippen LogP contribution in [-0.2, 0) is 6.42 Å². The molecule has 0 fully saturated rings. The molecule has 1 atom stereocenters. The van der Waals surface area contributed by atoms with Crippen molar-refractivity contribution >= 4 is 22.4 Å². The van der Waals surface area contributed by atoms with Gasteiger partial charge < -0.3 is 10.6 Å². The van der Waals surface area contributed by atoms with Crippen LogP contribution in [0.4, 0.5) is 5.13 Å². The summed E-state index contributed by atoms with van der Waals surface area (Å²) in [7, 11) is 1.88. The Labute approximate surface area is 128 Å². The zero-order valence-corrected chi connectivity index (χ0v) is 13.1. The minimum atomic E-state index is 0.0170. The highest BCUT2D eigenvalue weighted by Crippen LogP contribution is 2.35. The van der Waals surface area contributed by atoms with Gasteiger partial charge in [-0.1, -0.05) is 35.6 Å². The van der Waals surface area contributed by atoms with E-state index in [1.807, 2.05) is 24.9 Å². The smallest absolute Gasteiger partial charge is 0.266 e. The van der Waals surface area contributed by atoms with Gasteiger partial charge in [0.25, 0.3) is 5.91 Å². The van der Waals surface area contributed by atoms with Crippen LogP contribution in [0.25, 0.3) is 0 Å². The summed E-state index contributed by atoms with van der Waals surface area (Å²) < 4.78 is 0. The van der Waals surface area contributed by atoms with Crippen molar-refractivity contribution in [3.8, 4) is 0 Å². The standard InChI is InChI=1S/C16H19N3OS/c1-10-14(21-16(17)18-10)15(20)19(2)13-9-5-7-11-6-3-4-8-12(11)13/h3-4,6,8,13H,5,7,9H2,1-2H3,(H2,17,18). The van der Waals surface area contributed by atoms with Crippen molar-refractivity contribution in [2.45, 2.75) is 32.2 Å². The van der Waals surface area contributed by atoms with Gasteiger partial charge in [0.15, 0.2) is 5.13 Å². The molecule has 3 rings (SSSR count). The van der Waals surface area contributed by atoms with Crippen molar-refractivity contribution in [1.82, 2.24) is 9.88 Å². The van der Waals surface area contributed by atoms with Crippen molar-refractivity contribution < 1.29 is 4.79 Å². The van der Waals surface area contributed by atoms with E-state index in [0.29, 0.717) is 10.0 Å². The lowest BCUT2D eigenvalue weighted by atomic mass is 9.87. The van der Waals surface area contributed by atoms with Crippen LogP contribution in [0.15, 0.2) is 24.3 Å². The number of carbonyl (C=O) groups excluding carboxylic acids is 1. The van der Waals surface area contributed by atoms with Crippen LogP contribution in [0.3, 0.4) is 0 Å². The summed E-state index contributed by atoms with van der Waals surface area (Å²) in [6.07, 6.45) is 3.22. The van der Waals surface area contributed by atoms with Crippen molar-refractivity contribution in [1.29, 1.82) is 0 Å². The average molecular weight is 301 g/mol. The van der Waals surface area contributed by atoms with E-state index in [9.17, 15) is 4.79 Å². The zero-order valence-electron chi connectivity index (χ0n) is 12.3. The van der Waals surface area contributed by atoms with Gasteiger partial charge in [0, 0.05) is 7.05 Å². The van der Waals surface area contributed by atoms with Gasteiger partial charge in [0.2, 0.25) is 0 Å². The van der Waals surface area contributed by atoms with Crippen molar-refractivity contribution in [3.05, 3.63) is 46.0 Å². The zero-order chi connectivity index (χ0) is 15.0. The molecule has 1 amide bonds. The Kier molecular flexibility index (Phi) is 3.68. The number of carbonyl (C=O) groups is 1. The lowest BCUT2D eigenvalue weighted by molar-refractivity contribution is 0.0719. The van der Waals surface area contributed by atoms with Crippen LogP contribution in [-0.4, -0.2) is 22.8 Å². The molecule has 0 aliphatic heterocycles. The van der Waals surface area contributed by atoms with E-state index in [2.05, 4.69) is 23.2 Å². The predicted octanol–water partition coefficient (Wildman–Crippen LogP) is 3.18. The fourth-order valence-corrected chi connectivity index (χ4v) is 3.86. The van der Waals surface area contributed by atoms with E-state index < -0.39 is 0 Å². The minimum Gasteiger partial charge on any atom is -0.375 e. The van der Waals surface area contributed by atoms with Crippen LogP contribution in [0.2, 0.25) is 0 Å². The number of amides is 1. The molecule has 1 aromatic heterocycles. The van der Waals surface area contributed by atoms with Gasteiger partial charge in [-0.25, -0.2) is 4.98 Å². The van der Waals surface area contributed by atoms with E-state index in [1.54, 1.807) is 0 Å². The number of nitrogens with two attached hydrogens (primary N) is 1. The fourth-order valence-electron chi connectivity index (χ4n) is 3.05. The number of hydrogen-bond acceptors (Lipinski definition) is 4. The fraction of sp³-hybridized carbons (Fsp3) is 0.375. The lowest BCUT2D eigenvalue weighted by Gasteiger charge is -2.33. The summed E-state index contributed by atoms with van der Waals surface area (Å²) >= 11 is 1.27. The number of aryl methyl sites for hydroxylation is 2. The third kappa shape index (κ3) is 2.53. The Hall–Kier alpha value is -1.88. The third-order valence-corrected chi connectivity index (χ3v) is 5.11. The van der Waals surface area contributed by atoms with Gasteiger partial charge >= 0.3 is 0 Å². The molecule has 1 heterocycles. The maximum atomic E-state index is 12.7. The molecule has 1 aromatic carbocycles. The molecule has 1 unspecified atom stereocenters. The summed E-state index contributed by atoms with van der Waals surface area (Å²) in [6, 6.07) is 8.56. The van der Waals surface area contributed by atoms with E-state index in [0.717, 1.165) is 25.0 Å². The van der Waals surface area contributed by atoms with Crippen molar-refractivity contribution in [2.24, 2.45) is 0 Å². The highest BCUT2D eigenvalue weighted by molar-refractivity contribution is 7.17. The summed E-state index contributed by atoms with van der Waals surface area (Å²) in [5, 5.41) is 0.452. The summed E-state index contributed by atoms with van der Waals surface area (Å²) in [4.78, 5) is 19.4. The average Bonchev–Trinajstić information content (AvgIpc) is 2.84. The first kappa shape index (κ1) is 14.1. The van der Waals surface area contributed by atoms with Gasteiger partial charge in [0.1, 0.15) is 4.88 Å². The van der Waals surface area contributed by atoms with E-state index in [1.165, 1.54) is 22.5 Å². The summed E-state index contributed by atoms with van der Waals surface area (Å²) in [5.41, 5.74) is 9.06. The molecular weight excluding hydrogens is 282 g/mol. The molecule has 1 aliphatic carbocycles. The topological polar surface area (TPSA) is 59.2 Å². The molecule has 5 heteroatoms. The highest BCUT2D eigenvalue weighted by Gasteiger charge is 2.28. The molecule has 2 N–H and O–H groups in total. The van der Waals surface area contributed by atoms with Gasteiger partial charge in [-0.15, -0.1) is 0 Å². The molecule has 2 aromatic rings. The molecule has 21 heavy (non-hydrogen) atoms. The van der Waals surface area contributed by atoms with Gasteiger partial charge in [0.05, 0.1) is 11.7 Å². The Balaban J connectivity index is 1.91. The van der Waals surface area contributed by atoms with Crippen LogP contribution in [0.1, 0.15) is 45.4 Å². The molecule has 1 aliphatic rings. The number of thiazole rings is 1. The van der Waals surface area contributed by atoms with Crippen molar-refractivity contribution in [3.63, 3.8) is 0 Å². The molecule has 0 saturated heterocycles. The second-order valence-electron chi connectivity index (χ2n) is 5.49. The monoisotopic (exact) mass is 301 g/mol. The quantitative estimate of drug-likeness (QED) is 0.926. The molecule has 0 bridgehead atoms. The SMILES string of the molecule is Cc1nc(N)sc1C(=O)N(C)C1CCCc2ccccc21. The summed E-state index contributed by atoms with van der Waals surface area (Å²) in [5.74, 6) is 0.0170. The van der Waals surface area contributed by atoms with Crippen LogP contribution in [0, 0.1) is 6.92 Å². The number of benzene rings is 1. The second-order valence-corrected chi connectivity index (χ2v) is 6.52. The predicted molar refractivity (Wildman–Crippen MR) is 85.5 cm³/mol. The number of aromatic nitrogens is 1. The van der Waals surface area contributed by atoms with E-state index >= 15 is 0 Å². The van der Waals surface area contributed by atoms with E-state index in [4.69, 9.17) is 5.73 Å². The third-order valence-electron chi connectivity index (χ3n) is 4.13. The first-order valence-corrected chi connectivity index (χ1v) is 7.97. The van der Waals surface area contributed by atoms with Gasteiger partial charge in [-0.2, -0.15) is 0 Å². The molecule has 110 valence electrons. The number of fused-ring (bicyclic) bond motifs is 1.